The molecule has 0 radical (unpaired) electrons. The van der Waals surface area contributed by atoms with Crippen molar-refractivity contribution in [2.24, 2.45) is 0 Å². The summed E-state index contributed by atoms with van der Waals surface area (Å²) < 4.78 is 0. The zero-order chi connectivity index (χ0) is 12.3. The average molecular weight is 220 g/mol. The molecule has 1 rings (SSSR count). The third-order valence-electron chi connectivity index (χ3n) is 3.27. The van der Waals surface area contributed by atoms with Gasteiger partial charge in [-0.3, -0.25) is 0 Å². The van der Waals surface area contributed by atoms with Crippen molar-refractivity contribution in [1.82, 2.24) is 0 Å². The van der Waals surface area contributed by atoms with Gasteiger partial charge in [0, 0.05) is 5.41 Å². The molecule has 0 amide bonds. The molecule has 0 aliphatic rings. The second-order valence-corrected chi connectivity index (χ2v) is 5.47. The van der Waals surface area contributed by atoms with Crippen LogP contribution < -0.4 is 0 Å². The largest absolute Gasteiger partial charge is 0.395 e. The van der Waals surface area contributed by atoms with Crippen LogP contribution in [0, 0.1) is 0 Å². The van der Waals surface area contributed by atoms with Gasteiger partial charge in [0.15, 0.2) is 0 Å². The quantitative estimate of drug-likeness (QED) is 0.821. The van der Waals surface area contributed by atoms with Crippen LogP contribution in [0.5, 0.6) is 0 Å². The van der Waals surface area contributed by atoms with E-state index in [1.807, 2.05) is 0 Å². The van der Waals surface area contributed by atoms with E-state index in [0.29, 0.717) is 5.92 Å². The molecule has 0 spiro atoms. The predicted molar refractivity (Wildman–Crippen MR) is 70.0 cm³/mol. The van der Waals surface area contributed by atoms with Gasteiger partial charge in [-0.05, 0) is 29.0 Å². The SMILES string of the molecule is CCc1ccc(C(C)C)c(C(C)(C)CO)c1. The molecule has 0 unspecified atom stereocenters. The van der Waals surface area contributed by atoms with Gasteiger partial charge in [0.2, 0.25) is 0 Å². The van der Waals surface area contributed by atoms with Crippen LogP contribution >= 0.6 is 0 Å². The molecule has 1 aromatic rings. The minimum absolute atomic E-state index is 0.148. The fourth-order valence-electron chi connectivity index (χ4n) is 2.00. The second kappa shape index (κ2) is 5.01. The highest BCUT2D eigenvalue weighted by molar-refractivity contribution is 5.39. The highest BCUT2D eigenvalue weighted by Crippen LogP contribution is 2.31. The minimum Gasteiger partial charge on any atom is -0.395 e. The first-order chi connectivity index (χ1) is 7.42. The molecule has 0 saturated heterocycles. The minimum atomic E-state index is -0.148. The number of aliphatic hydroxyl groups excluding tert-OH is 1. The third-order valence-corrected chi connectivity index (χ3v) is 3.27. The molecule has 1 heteroatoms. The van der Waals surface area contributed by atoms with Crippen molar-refractivity contribution in [2.45, 2.75) is 52.4 Å². The lowest BCUT2D eigenvalue weighted by Crippen LogP contribution is -2.24. The Kier molecular flexibility index (Phi) is 4.15. The van der Waals surface area contributed by atoms with E-state index in [1.165, 1.54) is 16.7 Å². The number of rotatable bonds is 4. The van der Waals surface area contributed by atoms with E-state index in [1.54, 1.807) is 0 Å². The number of aryl methyl sites for hydroxylation is 1. The first-order valence-corrected chi connectivity index (χ1v) is 6.16. The topological polar surface area (TPSA) is 20.2 Å². The summed E-state index contributed by atoms with van der Waals surface area (Å²) in [6.45, 7) is 11.0. The molecule has 0 aliphatic heterocycles. The lowest BCUT2D eigenvalue weighted by atomic mass is 9.79. The van der Waals surface area contributed by atoms with Gasteiger partial charge in [0.25, 0.3) is 0 Å². The van der Waals surface area contributed by atoms with Gasteiger partial charge in [-0.2, -0.15) is 0 Å². The third kappa shape index (κ3) is 2.65. The maximum atomic E-state index is 9.52. The lowest BCUT2D eigenvalue weighted by molar-refractivity contribution is 0.217. The Morgan fingerprint density at radius 1 is 1.25 bits per heavy atom. The Morgan fingerprint density at radius 3 is 2.31 bits per heavy atom. The van der Waals surface area contributed by atoms with Crippen LogP contribution in [0.4, 0.5) is 0 Å². The van der Waals surface area contributed by atoms with Crippen molar-refractivity contribution >= 4 is 0 Å². The highest BCUT2D eigenvalue weighted by atomic mass is 16.3. The predicted octanol–water partition coefficient (Wildman–Crippen LogP) is 3.64. The molecule has 0 heterocycles. The molecule has 0 fully saturated rings. The molecule has 90 valence electrons. The maximum absolute atomic E-state index is 9.52. The van der Waals surface area contributed by atoms with E-state index in [0.717, 1.165) is 6.42 Å². The zero-order valence-corrected chi connectivity index (χ0v) is 11.2. The van der Waals surface area contributed by atoms with Crippen LogP contribution in [-0.2, 0) is 11.8 Å². The summed E-state index contributed by atoms with van der Waals surface area (Å²) in [6.07, 6.45) is 1.05. The molecule has 16 heavy (non-hydrogen) atoms. The van der Waals surface area contributed by atoms with Gasteiger partial charge in [-0.15, -0.1) is 0 Å². The van der Waals surface area contributed by atoms with Crippen molar-refractivity contribution in [1.29, 1.82) is 0 Å². The summed E-state index contributed by atoms with van der Waals surface area (Å²) in [6, 6.07) is 6.67. The smallest absolute Gasteiger partial charge is 0.0522 e. The van der Waals surface area contributed by atoms with Crippen molar-refractivity contribution in [2.75, 3.05) is 6.61 Å². The molecular weight excluding hydrogens is 196 g/mol. The lowest BCUT2D eigenvalue weighted by Gasteiger charge is -2.27. The van der Waals surface area contributed by atoms with Gasteiger partial charge >= 0.3 is 0 Å². The highest BCUT2D eigenvalue weighted by Gasteiger charge is 2.23. The number of aliphatic hydroxyl groups is 1. The molecular formula is C15H24O. The Morgan fingerprint density at radius 2 is 1.88 bits per heavy atom. The Bertz CT molecular complexity index is 350. The second-order valence-electron chi connectivity index (χ2n) is 5.47. The molecule has 0 aromatic heterocycles. The van der Waals surface area contributed by atoms with Gasteiger partial charge in [-0.1, -0.05) is 52.8 Å². The fourth-order valence-corrected chi connectivity index (χ4v) is 2.00. The van der Waals surface area contributed by atoms with Crippen LogP contribution in [0.1, 0.15) is 57.2 Å². The summed E-state index contributed by atoms with van der Waals surface area (Å²) in [5.74, 6) is 0.506. The van der Waals surface area contributed by atoms with E-state index in [4.69, 9.17) is 0 Å². The molecule has 0 saturated carbocycles. The molecule has 0 atom stereocenters. The summed E-state index contributed by atoms with van der Waals surface area (Å²) in [4.78, 5) is 0. The Balaban J connectivity index is 3.31. The first kappa shape index (κ1) is 13.2. The Labute approximate surface area is 99.5 Å². The van der Waals surface area contributed by atoms with Crippen LogP contribution in [-0.4, -0.2) is 11.7 Å². The standard InChI is InChI=1S/C15H24O/c1-6-12-7-8-13(11(2)3)14(9-12)15(4,5)10-16/h7-9,11,16H,6,10H2,1-5H3. The Hall–Kier alpha value is -0.820. The van der Waals surface area contributed by atoms with Crippen molar-refractivity contribution in [3.63, 3.8) is 0 Å². The normalized spacial score (nSPS) is 12.2. The number of hydrogen-bond donors (Lipinski definition) is 1. The number of benzene rings is 1. The molecule has 1 nitrogen and oxygen atoms in total. The van der Waals surface area contributed by atoms with Crippen LogP contribution in [0.15, 0.2) is 18.2 Å². The van der Waals surface area contributed by atoms with Crippen molar-refractivity contribution < 1.29 is 5.11 Å². The molecule has 0 aliphatic carbocycles. The van der Waals surface area contributed by atoms with Crippen molar-refractivity contribution in [3.8, 4) is 0 Å². The van der Waals surface area contributed by atoms with Crippen LogP contribution in [0.2, 0.25) is 0 Å². The zero-order valence-electron chi connectivity index (χ0n) is 11.2. The maximum Gasteiger partial charge on any atom is 0.0522 e. The van der Waals surface area contributed by atoms with E-state index >= 15 is 0 Å². The van der Waals surface area contributed by atoms with Crippen molar-refractivity contribution in [3.05, 3.63) is 34.9 Å². The average Bonchev–Trinajstić information content (AvgIpc) is 2.28. The van der Waals surface area contributed by atoms with Gasteiger partial charge in [0.05, 0.1) is 6.61 Å². The molecule has 1 aromatic carbocycles. The van der Waals surface area contributed by atoms with Crippen LogP contribution in [0.3, 0.4) is 0 Å². The van der Waals surface area contributed by atoms with Gasteiger partial charge in [-0.25, -0.2) is 0 Å². The summed E-state index contributed by atoms with van der Waals surface area (Å²) in [5, 5.41) is 9.52. The van der Waals surface area contributed by atoms with E-state index in [9.17, 15) is 5.11 Å². The van der Waals surface area contributed by atoms with Crippen LogP contribution in [0.25, 0.3) is 0 Å². The van der Waals surface area contributed by atoms with E-state index < -0.39 is 0 Å². The van der Waals surface area contributed by atoms with Gasteiger partial charge < -0.3 is 5.11 Å². The summed E-state index contributed by atoms with van der Waals surface area (Å²) in [5.41, 5.74) is 3.85. The molecule has 0 bridgehead atoms. The number of hydrogen-bond acceptors (Lipinski definition) is 1. The van der Waals surface area contributed by atoms with E-state index in [-0.39, 0.29) is 12.0 Å². The van der Waals surface area contributed by atoms with Gasteiger partial charge in [0.1, 0.15) is 0 Å². The molecule has 1 N–H and O–H groups in total. The first-order valence-electron chi connectivity index (χ1n) is 6.16. The van der Waals surface area contributed by atoms with E-state index in [2.05, 4.69) is 52.8 Å². The summed E-state index contributed by atoms with van der Waals surface area (Å²) >= 11 is 0. The summed E-state index contributed by atoms with van der Waals surface area (Å²) in [7, 11) is 0. The monoisotopic (exact) mass is 220 g/mol. The fraction of sp³-hybridized carbons (Fsp3) is 0.600.